The van der Waals surface area contributed by atoms with Crippen LogP contribution in [0.15, 0.2) is 71.4 Å². The zero-order chi connectivity index (χ0) is 21.8. The second-order valence-corrected chi connectivity index (χ2v) is 7.87. The number of rotatable bonds is 6. The number of benzene rings is 1. The van der Waals surface area contributed by atoms with E-state index in [1.165, 1.54) is 5.56 Å². The number of nitrogens with zero attached hydrogens (tertiary/aromatic N) is 4. The zero-order valence-corrected chi connectivity index (χ0v) is 19.2. The first-order valence-corrected chi connectivity index (χ1v) is 10.8. The van der Waals surface area contributed by atoms with E-state index < -0.39 is 0 Å². The lowest BCUT2D eigenvalue weighted by molar-refractivity contribution is 0.0342. The molecule has 33 heavy (non-hydrogen) atoms. The van der Waals surface area contributed by atoms with Crippen molar-refractivity contribution in [3.05, 3.63) is 78.1 Å². The van der Waals surface area contributed by atoms with Gasteiger partial charge in [0.2, 0.25) is 5.89 Å². The van der Waals surface area contributed by atoms with Gasteiger partial charge in [0, 0.05) is 31.4 Å². The van der Waals surface area contributed by atoms with Crippen molar-refractivity contribution in [3.63, 3.8) is 0 Å². The van der Waals surface area contributed by atoms with Crippen LogP contribution in [0.1, 0.15) is 11.1 Å². The number of morpholine rings is 1. The number of hydrogen-bond acceptors (Lipinski definition) is 7. The summed E-state index contributed by atoms with van der Waals surface area (Å²) in [5.41, 5.74) is 4.04. The van der Waals surface area contributed by atoms with Crippen molar-refractivity contribution < 1.29 is 9.15 Å². The average molecular weight is 464 g/mol. The van der Waals surface area contributed by atoms with Crippen LogP contribution in [0.3, 0.4) is 0 Å². The van der Waals surface area contributed by atoms with Crippen LogP contribution in [0.25, 0.3) is 22.9 Å². The van der Waals surface area contributed by atoms with Crippen molar-refractivity contribution in [2.75, 3.05) is 31.6 Å². The first-order chi connectivity index (χ1) is 15.7. The minimum absolute atomic E-state index is 0. The van der Waals surface area contributed by atoms with Gasteiger partial charge >= 0.3 is 0 Å². The molecule has 1 aliphatic heterocycles. The fourth-order valence-electron chi connectivity index (χ4n) is 3.72. The quantitative estimate of drug-likeness (QED) is 0.426. The highest BCUT2D eigenvalue weighted by Gasteiger charge is 2.13. The second-order valence-electron chi connectivity index (χ2n) is 7.87. The summed E-state index contributed by atoms with van der Waals surface area (Å²) in [4.78, 5) is 15.9. The van der Waals surface area contributed by atoms with Gasteiger partial charge in [-0.15, -0.1) is 12.4 Å². The van der Waals surface area contributed by atoms with Crippen molar-refractivity contribution in [2.24, 2.45) is 0 Å². The molecule has 170 valence electrons. The molecular weight excluding hydrogens is 438 g/mol. The molecule has 4 aromatic rings. The van der Waals surface area contributed by atoms with Gasteiger partial charge in [-0.05, 0) is 54.4 Å². The highest BCUT2D eigenvalue weighted by molar-refractivity contribution is 5.85. The summed E-state index contributed by atoms with van der Waals surface area (Å²) in [6.45, 7) is 6.44. The number of ether oxygens (including phenoxy) is 1. The monoisotopic (exact) mass is 463 g/mol. The van der Waals surface area contributed by atoms with Gasteiger partial charge in [-0.1, -0.05) is 18.2 Å². The summed E-state index contributed by atoms with van der Waals surface area (Å²) in [7, 11) is 0. The molecule has 1 aromatic carbocycles. The fourth-order valence-corrected chi connectivity index (χ4v) is 3.72. The van der Waals surface area contributed by atoms with Gasteiger partial charge in [-0.25, -0.2) is 15.0 Å². The summed E-state index contributed by atoms with van der Waals surface area (Å²) in [5.74, 6) is 2.67. The molecule has 0 amide bonds. The number of pyridine rings is 2. The maximum absolute atomic E-state index is 6.07. The Morgan fingerprint density at radius 1 is 0.970 bits per heavy atom. The van der Waals surface area contributed by atoms with Crippen molar-refractivity contribution in [2.45, 2.75) is 13.5 Å². The highest BCUT2D eigenvalue weighted by Crippen LogP contribution is 2.27. The molecular formula is C25H26ClN5O2. The van der Waals surface area contributed by atoms with E-state index >= 15 is 0 Å². The van der Waals surface area contributed by atoms with E-state index in [9.17, 15) is 0 Å². The van der Waals surface area contributed by atoms with E-state index in [-0.39, 0.29) is 12.4 Å². The van der Waals surface area contributed by atoms with E-state index in [0.717, 1.165) is 49.8 Å². The number of anilines is 2. The van der Waals surface area contributed by atoms with Gasteiger partial charge in [0.25, 0.3) is 0 Å². The fraction of sp³-hybridized carbons (Fsp3) is 0.240. The minimum Gasteiger partial charge on any atom is -0.434 e. The Balaban J connectivity index is 0.00000259. The van der Waals surface area contributed by atoms with Gasteiger partial charge in [0.15, 0.2) is 5.76 Å². The Labute approximate surface area is 199 Å². The van der Waals surface area contributed by atoms with Crippen molar-refractivity contribution in [3.8, 4) is 22.9 Å². The molecule has 0 saturated carbocycles. The van der Waals surface area contributed by atoms with Crippen LogP contribution in [-0.2, 0) is 11.3 Å². The summed E-state index contributed by atoms with van der Waals surface area (Å²) >= 11 is 0. The molecule has 4 heterocycles. The van der Waals surface area contributed by atoms with E-state index in [4.69, 9.17) is 9.15 Å². The van der Waals surface area contributed by atoms with Crippen LogP contribution in [0.4, 0.5) is 11.6 Å². The lowest BCUT2D eigenvalue weighted by Gasteiger charge is -2.26. The maximum atomic E-state index is 6.07. The molecule has 0 bridgehead atoms. The van der Waals surface area contributed by atoms with Crippen molar-refractivity contribution in [1.29, 1.82) is 0 Å². The topological polar surface area (TPSA) is 76.3 Å². The number of aromatic nitrogens is 3. The van der Waals surface area contributed by atoms with Gasteiger partial charge in [0.1, 0.15) is 17.3 Å². The second kappa shape index (κ2) is 10.6. The lowest BCUT2D eigenvalue weighted by atomic mass is 10.1. The molecule has 0 spiro atoms. The molecule has 3 aromatic heterocycles. The SMILES string of the molecule is Cc1ccnc(Nc2cccc(-c3cnc(-c4cccc(CN5CCOCC5)c4)o3)n2)c1.Cl. The number of nitrogens with one attached hydrogen (secondary N) is 1. The van der Waals surface area contributed by atoms with Crippen molar-refractivity contribution in [1.82, 2.24) is 19.9 Å². The number of hydrogen-bond donors (Lipinski definition) is 1. The molecule has 1 aliphatic rings. The Morgan fingerprint density at radius 2 is 1.82 bits per heavy atom. The van der Waals surface area contributed by atoms with Crippen LogP contribution >= 0.6 is 12.4 Å². The third kappa shape index (κ3) is 5.76. The molecule has 7 nitrogen and oxygen atoms in total. The van der Waals surface area contributed by atoms with E-state index in [2.05, 4.69) is 37.3 Å². The standard InChI is InChI=1S/C25H25N5O2.ClH/c1-18-8-9-26-24(14-18)29-23-7-3-6-21(28-23)22-16-27-25(32-22)20-5-2-4-19(15-20)17-30-10-12-31-13-11-30;/h2-9,14-16H,10-13,17H2,1H3,(H,26,28,29);1H. The van der Waals surface area contributed by atoms with Crippen LogP contribution in [-0.4, -0.2) is 46.2 Å². The Morgan fingerprint density at radius 3 is 2.67 bits per heavy atom. The average Bonchev–Trinajstić information content (AvgIpc) is 3.31. The summed E-state index contributed by atoms with van der Waals surface area (Å²) in [5, 5.41) is 3.24. The molecule has 0 radical (unpaired) electrons. The molecule has 5 rings (SSSR count). The summed E-state index contributed by atoms with van der Waals surface area (Å²) in [6.07, 6.45) is 3.50. The predicted molar refractivity (Wildman–Crippen MR) is 131 cm³/mol. The molecule has 0 atom stereocenters. The maximum Gasteiger partial charge on any atom is 0.226 e. The highest BCUT2D eigenvalue weighted by atomic mass is 35.5. The molecule has 0 unspecified atom stereocenters. The third-order valence-electron chi connectivity index (χ3n) is 5.36. The van der Waals surface area contributed by atoms with Gasteiger partial charge in [-0.3, -0.25) is 4.90 Å². The number of oxazole rings is 1. The van der Waals surface area contributed by atoms with Crippen molar-refractivity contribution >= 4 is 24.0 Å². The van der Waals surface area contributed by atoms with Gasteiger partial charge in [-0.2, -0.15) is 0 Å². The normalized spacial score (nSPS) is 14.0. The van der Waals surface area contributed by atoms with Gasteiger partial charge < -0.3 is 14.5 Å². The number of halogens is 1. The third-order valence-corrected chi connectivity index (χ3v) is 5.36. The largest absolute Gasteiger partial charge is 0.434 e. The summed E-state index contributed by atoms with van der Waals surface area (Å²) < 4.78 is 11.5. The first-order valence-electron chi connectivity index (χ1n) is 10.8. The first kappa shape index (κ1) is 22.9. The lowest BCUT2D eigenvalue weighted by Crippen LogP contribution is -2.35. The Kier molecular flexibility index (Phi) is 7.34. The minimum atomic E-state index is 0. The van der Waals surface area contributed by atoms with Crippen LogP contribution in [0.5, 0.6) is 0 Å². The smallest absolute Gasteiger partial charge is 0.226 e. The Hall–Kier alpha value is -3.26. The molecule has 1 fully saturated rings. The molecule has 1 N–H and O–H groups in total. The Bertz CT molecular complexity index is 1210. The van der Waals surface area contributed by atoms with Crippen LogP contribution < -0.4 is 5.32 Å². The molecule has 1 saturated heterocycles. The van der Waals surface area contributed by atoms with Crippen LogP contribution in [0, 0.1) is 6.92 Å². The number of aryl methyl sites for hydroxylation is 1. The van der Waals surface area contributed by atoms with Gasteiger partial charge in [0.05, 0.1) is 19.4 Å². The predicted octanol–water partition coefficient (Wildman–Crippen LogP) is 5.10. The van der Waals surface area contributed by atoms with E-state index in [1.807, 2.05) is 49.4 Å². The van der Waals surface area contributed by atoms with E-state index in [1.54, 1.807) is 12.4 Å². The molecule has 8 heteroatoms. The van der Waals surface area contributed by atoms with E-state index in [0.29, 0.717) is 23.2 Å². The zero-order valence-electron chi connectivity index (χ0n) is 18.4. The van der Waals surface area contributed by atoms with Crippen LogP contribution in [0.2, 0.25) is 0 Å². The molecule has 0 aliphatic carbocycles. The summed E-state index contributed by atoms with van der Waals surface area (Å²) in [6, 6.07) is 18.0.